The molecule has 0 bridgehead atoms. The molecule has 1 N–H and O–H groups in total. The van der Waals surface area contributed by atoms with Crippen molar-refractivity contribution in [1.29, 1.82) is 0 Å². The Balaban J connectivity index is 1.61. The maximum Gasteiger partial charge on any atom is 0.243 e. The molecule has 2 aromatic rings. The van der Waals surface area contributed by atoms with Gasteiger partial charge in [-0.15, -0.1) is 16.6 Å². The summed E-state index contributed by atoms with van der Waals surface area (Å²) in [6.45, 7) is 8.13. The number of anilines is 1. The number of aromatic nitrogens is 3. The molecule has 2 heterocycles. The van der Waals surface area contributed by atoms with Crippen molar-refractivity contribution in [1.82, 2.24) is 20.1 Å². The Morgan fingerprint density at radius 2 is 2.10 bits per heavy atom. The number of ether oxygens (including phenoxy) is 2. The first kappa shape index (κ1) is 21.5. The van der Waals surface area contributed by atoms with E-state index in [9.17, 15) is 0 Å². The maximum atomic E-state index is 5.87. The van der Waals surface area contributed by atoms with E-state index in [2.05, 4.69) is 33.3 Å². The van der Waals surface area contributed by atoms with E-state index in [0.29, 0.717) is 30.3 Å². The fourth-order valence-electron chi connectivity index (χ4n) is 3.99. The van der Waals surface area contributed by atoms with Crippen molar-refractivity contribution in [3.05, 3.63) is 29.5 Å². The summed E-state index contributed by atoms with van der Waals surface area (Å²) in [4.78, 5) is 7.36. The first-order valence-corrected chi connectivity index (χ1v) is 11.3. The molecule has 7 heteroatoms. The van der Waals surface area contributed by atoms with Crippen LogP contribution in [0.1, 0.15) is 56.7 Å². The molecule has 1 aliphatic carbocycles. The van der Waals surface area contributed by atoms with Gasteiger partial charge in [-0.05, 0) is 63.9 Å². The third-order valence-corrected chi connectivity index (χ3v) is 5.87. The predicted octanol–water partition coefficient (Wildman–Crippen LogP) is 3.67. The molecule has 1 saturated heterocycles. The summed E-state index contributed by atoms with van der Waals surface area (Å²) in [5.41, 5.74) is 3.35. The topological polar surface area (TPSA) is 72.4 Å². The minimum absolute atomic E-state index is 0.159. The number of terminal acetylenes is 1. The van der Waals surface area contributed by atoms with Crippen molar-refractivity contribution in [2.45, 2.75) is 51.5 Å². The summed E-state index contributed by atoms with van der Waals surface area (Å²) < 4.78 is 11.2. The number of hydrogen-bond acceptors (Lipinski definition) is 7. The normalized spacial score (nSPS) is 19.1. The second-order valence-electron chi connectivity index (χ2n) is 8.13. The Bertz CT molecular complexity index is 938. The number of rotatable bonds is 9. The van der Waals surface area contributed by atoms with E-state index >= 15 is 0 Å². The van der Waals surface area contributed by atoms with E-state index in [4.69, 9.17) is 20.9 Å². The summed E-state index contributed by atoms with van der Waals surface area (Å²) >= 11 is 0. The highest BCUT2D eigenvalue weighted by Gasteiger charge is 2.31. The van der Waals surface area contributed by atoms with Crippen LogP contribution in [0.5, 0.6) is 5.75 Å². The smallest absolute Gasteiger partial charge is 0.243 e. The molecule has 0 spiro atoms. The van der Waals surface area contributed by atoms with Gasteiger partial charge in [-0.2, -0.15) is 0 Å². The van der Waals surface area contributed by atoms with Gasteiger partial charge >= 0.3 is 0 Å². The Kier molecular flexibility index (Phi) is 7.00. The quantitative estimate of drug-likeness (QED) is 0.376. The Hall–Kier alpha value is -2.69. The van der Waals surface area contributed by atoms with Crippen molar-refractivity contribution in [3.63, 3.8) is 0 Å². The van der Waals surface area contributed by atoms with Crippen molar-refractivity contribution < 1.29 is 9.47 Å². The van der Waals surface area contributed by atoms with E-state index in [1.807, 2.05) is 25.1 Å². The van der Waals surface area contributed by atoms with Crippen molar-refractivity contribution in [2.75, 3.05) is 38.4 Å². The summed E-state index contributed by atoms with van der Waals surface area (Å²) in [6, 6.07) is 6.05. The Morgan fingerprint density at radius 1 is 1.23 bits per heavy atom. The van der Waals surface area contributed by atoms with E-state index in [-0.39, 0.29) is 6.79 Å². The van der Waals surface area contributed by atoms with Crippen LogP contribution in [0.15, 0.2) is 18.2 Å². The summed E-state index contributed by atoms with van der Waals surface area (Å²) in [5, 5.41) is 12.5. The SMILES string of the molecule is C#Cc1ccc(-c2nnc(N[C@@H]3CCCN(CC)C3)nc2C2CC2)c(OCOCC)c1. The third-order valence-electron chi connectivity index (χ3n) is 5.87. The predicted molar refractivity (Wildman–Crippen MR) is 121 cm³/mol. The number of nitrogens with zero attached hydrogens (tertiary/aromatic N) is 4. The Labute approximate surface area is 184 Å². The fourth-order valence-corrected chi connectivity index (χ4v) is 3.99. The first-order chi connectivity index (χ1) is 15.2. The van der Waals surface area contributed by atoms with Gasteiger partial charge in [0, 0.05) is 36.2 Å². The number of likely N-dealkylation sites (N-methyl/N-ethyl adjacent to an activating group) is 1. The van der Waals surface area contributed by atoms with Gasteiger partial charge in [0.05, 0.1) is 5.69 Å². The standard InChI is InChI=1S/C24H31N5O2/c1-4-17-9-12-20(21(14-17)31-16-30-6-3)23-22(18-10-11-18)26-24(28-27-23)25-19-8-7-13-29(5-2)15-19/h1,9,12,14,18-19H,5-8,10-11,13,15-16H2,2-3H3,(H,25,26,28)/t19-/m1/s1. The van der Waals surface area contributed by atoms with Gasteiger partial charge < -0.3 is 19.7 Å². The second kappa shape index (κ2) is 10.1. The fraction of sp³-hybridized carbons (Fsp3) is 0.542. The monoisotopic (exact) mass is 421 g/mol. The van der Waals surface area contributed by atoms with Gasteiger partial charge in [0.15, 0.2) is 6.79 Å². The minimum atomic E-state index is 0.159. The molecule has 0 amide bonds. The van der Waals surface area contributed by atoms with Crippen LogP contribution in [-0.4, -0.2) is 59.2 Å². The molecule has 1 aliphatic heterocycles. The van der Waals surface area contributed by atoms with Crippen LogP contribution < -0.4 is 10.1 Å². The van der Waals surface area contributed by atoms with Crippen LogP contribution in [0.25, 0.3) is 11.3 Å². The molecule has 0 unspecified atom stereocenters. The minimum Gasteiger partial charge on any atom is -0.467 e. The summed E-state index contributed by atoms with van der Waals surface area (Å²) in [6.07, 6.45) is 10.1. The average Bonchev–Trinajstić information content (AvgIpc) is 3.65. The van der Waals surface area contributed by atoms with Gasteiger partial charge in [0.25, 0.3) is 0 Å². The van der Waals surface area contributed by atoms with Gasteiger partial charge in [0.1, 0.15) is 11.4 Å². The van der Waals surface area contributed by atoms with Crippen molar-refractivity contribution >= 4 is 5.95 Å². The van der Waals surface area contributed by atoms with Crippen molar-refractivity contribution in [2.24, 2.45) is 0 Å². The lowest BCUT2D eigenvalue weighted by Gasteiger charge is -2.32. The molecule has 1 aromatic heterocycles. The van der Waals surface area contributed by atoms with E-state index in [1.165, 1.54) is 6.42 Å². The zero-order valence-corrected chi connectivity index (χ0v) is 18.4. The highest BCUT2D eigenvalue weighted by molar-refractivity contribution is 5.71. The lowest BCUT2D eigenvalue weighted by atomic mass is 10.0. The second-order valence-corrected chi connectivity index (χ2v) is 8.13. The number of piperidine rings is 1. The lowest BCUT2D eigenvalue weighted by Crippen LogP contribution is -2.42. The largest absolute Gasteiger partial charge is 0.467 e. The molecule has 7 nitrogen and oxygen atoms in total. The van der Waals surface area contributed by atoms with Crippen LogP contribution in [0, 0.1) is 12.3 Å². The van der Waals surface area contributed by atoms with Gasteiger partial charge in [0.2, 0.25) is 5.95 Å². The van der Waals surface area contributed by atoms with Gasteiger partial charge in [-0.25, -0.2) is 4.98 Å². The lowest BCUT2D eigenvalue weighted by molar-refractivity contribution is 0.0227. The molecule has 1 atom stereocenters. The van der Waals surface area contributed by atoms with Crippen LogP contribution >= 0.6 is 0 Å². The number of likely N-dealkylation sites (tertiary alicyclic amines) is 1. The summed E-state index contributed by atoms with van der Waals surface area (Å²) in [7, 11) is 0. The van der Waals surface area contributed by atoms with Crippen LogP contribution in [0.4, 0.5) is 5.95 Å². The highest BCUT2D eigenvalue weighted by Crippen LogP contribution is 2.44. The molecule has 1 saturated carbocycles. The molecule has 2 fully saturated rings. The van der Waals surface area contributed by atoms with E-state index in [0.717, 1.165) is 61.4 Å². The number of benzene rings is 1. The first-order valence-electron chi connectivity index (χ1n) is 11.3. The van der Waals surface area contributed by atoms with Gasteiger partial charge in [-0.1, -0.05) is 12.8 Å². The zero-order valence-electron chi connectivity index (χ0n) is 18.4. The molecule has 2 aliphatic rings. The molecule has 31 heavy (non-hydrogen) atoms. The zero-order chi connectivity index (χ0) is 21.6. The average molecular weight is 422 g/mol. The molecule has 0 radical (unpaired) electrons. The molecule has 164 valence electrons. The van der Waals surface area contributed by atoms with Crippen LogP contribution in [0.3, 0.4) is 0 Å². The van der Waals surface area contributed by atoms with Crippen LogP contribution in [-0.2, 0) is 4.74 Å². The summed E-state index contributed by atoms with van der Waals surface area (Å²) in [5.74, 6) is 4.34. The maximum absolute atomic E-state index is 5.87. The third kappa shape index (κ3) is 5.33. The molecular weight excluding hydrogens is 390 g/mol. The molecule has 1 aromatic carbocycles. The van der Waals surface area contributed by atoms with Crippen LogP contribution in [0.2, 0.25) is 0 Å². The highest BCUT2D eigenvalue weighted by atomic mass is 16.7. The van der Waals surface area contributed by atoms with E-state index < -0.39 is 0 Å². The molecule has 4 rings (SSSR count). The molecular formula is C24H31N5O2. The number of hydrogen-bond donors (Lipinski definition) is 1. The van der Waals surface area contributed by atoms with E-state index in [1.54, 1.807) is 0 Å². The number of nitrogens with one attached hydrogen (secondary N) is 1. The Morgan fingerprint density at radius 3 is 2.84 bits per heavy atom. The van der Waals surface area contributed by atoms with Gasteiger partial charge in [-0.3, -0.25) is 0 Å². The van der Waals surface area contributed by atoms with Crippen molar-refractivity contribution in [3.8, 4) is 29.4 Å².